The highest BCUT2D eigenvalue weighted by molar-refractivity contribution is 5.64. The van der Waals surface area contributed by atoms with Gasteiger partial charge in [0.1, 0.15) is 11.6 Å². The van der Waals surface area contributed by atoms with Gasteiger partial charge in [0.05, 0.1) is 11.9 Å². The number of hydrogen-bond acceptors (Lipinski definition) is 3. The molecule has 0 saturated heterocycles. The Morgan fingerprint density at radius 2 is 1.89 bits per heavy atom. The molecule has 0 amide bonds. The van der Waals surface area contributed by atoms with E-state index in [9.17, 15) is 5.11 Å². The van der Waals surface area contributed by atoms with Gasteiger partial charge in [0, 0.05) is 23.5 Å². The minimum Gasteiger partial charge on any atom is -0.508 e. The lowest BCUT2D eigenvalue weighted by atomic mass is 10.2. The summed E-state index contributed by atoms with van der Waals surface area (Å²) >= 11 is 0. The third-order valence-corrected chi connectivity index (χ3v) is 2.67. The van der Waals surface area contributed by atoms with Crippen LogP contribution >= 0.6 is 0 Å². The Bertz CT molecular complexity index is 662. The molecule has 4 heteroatoms. The first-order valence-electron chi connectivity index (χ1n) is 5.58. The quantitative estimate of drug-likeness (QED) is 0.720. The largest absolute Gasteiger partial charge is 0.508 e. The first-order chi connectivity index (χ1) is 8.83. The molecule has 0 bridgehead atoms. The maximum Gasteiger partial charge on any atom is 0.137 e. The molecule has 2 heterocycles. The number of hydrogen-bond donors (Lipinski definition) is 2. The number of aromatic nitrogens is 3. The summed E-state index contributed by atoms with van der Waals surface area (Å²) in [5.41, 5.74) is 2.74. The maximum atomic E-state index is 9.45. The van der Waals surface area contributed by atoms with Gasteiger partial charge < -0.3 is 10.1 Å². The number of H-pyrrole nitrogens is 1. The zero-order chi connectivity index (χ0) is 12.4. The molecule has 0 saturated carbocycles. The number of aromatic hydroxyl groups is 1. The summed E-state index contributed by atoms with van der Waals surface area (Å²) in [5, 5.41) is 9.45. The van der Waals surface area contributed by atoms with Crippen LogP contribution in [0.15, 0.2) is 55.0 Å². The van der Waals surface area contributed by atoms with Crippen LogP contribution < -0.4 is 0 Å². The SMILES string of the molecule is Oc1cccc(-c2ncc(-c3cccnc3)[nH]2)c1. The van der Waals surface area contributed by atoms with Gasteiger partial charge in [0.15, 0.2) is 0 Å². The molecule has 0 radical (unpaired) electrons. The number of aromatic amines is 1. The zero-order valence-corrected chi connectivity index (χ0v) is 9.54. The van der Waals surface area contributed by atoms with Crippen molar-refractivity contribution in [2.24, 2.45) is 0 Å². The van der Waals surface area contributed by atoms with E-state index in [0.717, 1.165) is 22.6 Å². The van der Waals surface area contributed by atoms with Crippen molar-refractivity contribution in [2.45, 2.75) is 0 Å². The Morgan fingerprint density at radius 1 is 1.00 bits per heavy atom. The van der Waals surface area contributed by atoms with Crippen LogP contribution in [0.2, 0.25) is 0 Å². The molecule has 0 fully saturated rings. The van der Waals surface area contributed by atoms with Gasteiger partial charge in [-0.1, -0.05) is 12.1 Å². The molecule has 3 rings (SSSR count). The lowest BCUT2D eigenvalue weighted by Gasteiger charge is -1.98. The van der Waals surface area contributed by atoms with Gasteiger partial charge in [-0.15, -0.1) is 0 Å². The van der Waals surface area contributed by atoms with Crippen LogP contribution in [0.5, 0.6) is 5.75 Å². The van der Waals surface area contributed by atoms with Crippen molar-refractivity contribution in [3.05, 3.63) is 55.0 Å². The number of nitrogens with zero attached hydrogens (tertiary/aromatic N) is 2. The van der Waals surface area contributed by atoms with Crippen LogP contribution in [0.4, 0.5) is 0 Å². The third-order valence-electron chi connectivity index (χ3n) is 2.67. The van der Waals surface area contributed by atoms with E-state index in [1.807, 2.05) is 18.2 Å². The average Bonchev–Trinajstić information content (AvgIpc) is 2.89. The summed E-state index contributed by atoms with van der Waals surface area (Å²) in [6.07, 6.45) is 5.27. The summed E-state index contributed by atoms with van der Waals surface area (Å²) < 4.78 is 0. The van der Waals surface area contributed by atoms with E-state index >= 15 is 0 Å². The number of phenols is 1. The molecule has 2 aromatic heterocycles. The average molecular weight is 237 g/mol. The van der Waals surface area contributed by atoms with Gasteiger partial charge in [0.2, 0.25) is 0 Å². The van der Waals surface area contributed by atoms with E-state index in [1.165, 1.54) is 0 Å². The van der Waals surface area contributed by atoms with Crippen molar-refractivity contribution >= 4 is 0 Å². The Balaban J connectivity index is 2.00. The van der Waals surface area contributed by atoms with Crippen molar-refractivity contribution in [1.82, 2.24) is 15.0 Å². The van der Waals surface area contributed by atoms with Crippen molar-refractivity contribution in [1.29, 1.82) is 0 Å². The smallest absolute Gasteiger partial charge is 0.137 e. The minimum absolute atomic E-state index is 0.229. The molecule has 0 spiro atoms. The fourth-order valence-electron chi connectivity index (χ4n) is 1.79. The van der Waals surface area contributed by atoms with E-state index < -0.39 is 0 Å². The second kappa shape index (κ2) is 4.33. The fourth-order valence-corrected chi connectivity index (χ4v) is 1.79. The molecule has 1 aromatic carbocycles. The van der Waals surface area contributed by atoms with Gasteiger partial charge in [-0.2, -0.15) is 0 Å². The first kappa shape index (κ1) is 10.5. The van der Waals surface area contributed by atoms with E-state index in [0.29, 0.717) is 0 Å². The van der Waals surface area contributed by atoms with Gasteiger partial charge in [0.25, 0.3) is 0 Å². The number of pyridine rings is 1. The highest BCUT2D eigenvalue weighted by atomic mass is 16.3. The van der Waals surface area contributed by atoms with Crippen molar-refractivity contribution in [2.75, 3.05) is 0 Å². The molecule has 0 aliphatic rings. The fraction of sp³-hybridized carbons (Fsp3) is 0. The number of rotatable bonds is 2. The van der Waals surface area contributed by atoms with Crippen LogP contribution in [-0.4, -0.2) is 20.1 Å². The summed E-state index contributed by atoms with van der Waals surface area (Å²) in [6.45, 7) is 0. The number of phenolic OH excluding ortho intramolecular Hbond substituents is 1. The van der Waals surface area contributed by atoms with E-state index in [2.05, 4.69) is 15.0 Å². The Kier molecular flexibility index (Phi) is 2.53. The van der Waals surface area contributed by atoms with Crippen LogP contribution in [0, 0.1) is 0 Å². The van der Waals surface area contributed by atoms with Gasteiger partial charge in [-0.25, -0.2) is 4.98 Å². The Hall–Kier alpha value is -2.62. The molecular formula is C14H11N3O. The lowest BCUT2D eigenvalue weighted by molar-refractivity contribution is 0.475. The molecular weight excluding hydrogens is 226 g/mol. The molecule has 0 aliphatic carbocycles. The van der Waals surface area contributed by atoms with Gasteiger partial charge in [-0.3, -0.25) is 4.98 Å². The molecule has 0 atom stereocenters. The topological polar surface area (TPSA) is 61.8 Å². The highest BCUT2D eigenvalue weighted by Gasteiger charge is 2.05. The number of benzene rings is 1. The third kappa shape index (κ3) is 1.96. The maximum absolute atomic E-state index is 9.45. The van der Waals surface area contributed by atoms with E-state index in [1.54, 1.807) is 36.8 Å². The predicted molar refractivity (Wildman–Crippen MR) is 68.9 cm³/mol. The minimum atomic E-state index is 0.229. The zero-order valence-electron chi connectivity index (χ0n) is 9.54. The molecule has 2 N–H and O–H groups in total. The van der Waals surface area contributed by atoms with E-state index in [4.69, 9.17) is 0 Å². The molecule has 88 valence electrons. The number of nitrogens with one attached hydrogen (secondary N) is 1. The summed E-state index contributed by atoms with van der Waals surface area (Å²) in [4.78, 5) is 11.6. The van der Waals surface area contributed by atoms with Crippen LogP contribution in [-0.2, 0) is 0 Å². The summed E-state index contributed by atoms with van der Waals surface area (Å²) in [7, 11) is 0. The van der Waals surface area contributed by atoms with E-state index in [-0.39, 0.29) is 5.75 Å². The summed E-state index contributed by atoms with van der Waals surface area (Å²) in [6, 6.07) is 10.8. The van der Waals surface area contributed by atoms with Crippen molar-refractivity contribution in [3.8, 4) is 28.4 Å². The van der Waals surface area contributed by atoms with Crippen molar-refractivity contribution < 1.29 is 5.11 Å². The van der Waals surface area contributed by atoms with Gasteiger partial charge in [-0.05, 0) is 24.3 Å². The lowest BCUT2D eigenvalue weighted by Crippen LogP contribution is -1.81. The standard InChI is InChI=1S/C14H11N3O/c18-12-5-1-3-10(7-12)14-16-9-13(17-14)11-4-2-6-15-8-11/h1-9,18H,(H,16,17). The normalized spacial score (nSPS) is 10.4. The Morgan fingerprint density at radius 3 is 2.67 bits per heavy atom. The molecule has 0 aliphatic heterocycles. The number of imidazole rings is 1. The van der Waals surface area contributed by atoms with Gasteiger partial charge >= 0.3 is 0 Å². The molecule has 18 heavy (non-hydrogen) atoms. The molecule has 3 aromatic rings. The highest BCUT2D eigenvalue weighted by Crippen LogP contribution is 2.23. The molecule has 4 nitrogen and oxygen atoms in total. The van der Waals surface area contributed by atoms with Crippen molar-refractivity contribution in [3.63, 3.8) is 0 Å². The van der Waals surface area contributed by atoms with Crippen LogP contribution in [0.1, 0.15) is 0 Å². The molecule has 0 unspecified atom stereocenters. The van der Waals surface area contributed by atoms with Crippen LogP contribution in [0.3, 0.4) is 0 Å². The van der Waals surface area contributed by atoms with Crippen LogP contribution in [0.25, 0.3) is 22.6 Å². The Labute approximate surface area is 104 Å². The second-order valence-corrected chi connectivity index (χ2v) is 3.94. The first-order valence-corrected chi connectivity index (χ1v) is 5.58. The predicted octanol–water partition coefficient (Wildman–Crippen LogP) is 2.84. The second-order valence-electron chi connectivity index (χ2n) is 3.94. The monoisotopic (exact) mass is 237 g/mol. The summed E-state index contributed by atoms with van der Waals surface area (Å²) in [5.74, 6) is 0.955.